The smallest absolute Gasteiger partial charge is 0.124 e. The number of pyridine rings is 2. The Morgan fingerprint density at radius 3 is 1.93 bits per heavy atom. The Balaban J connectivity index is 0.00000484. The molecule has 0 fully saturated rings. The molecule has 0 spiro atoms. The molecule has 0 saturated heterocycles. The summed E-state index contributed by atoms with van der Waals surface area (Å²) in [5.74, 6) is 0.184. The van der Waals surface area contributed by atoms with Crippen LogP contribution < -0.4 is 0 Å². The van der Waals surface area contributed by atoms with Crippen molar-refractivity contribution >= 4 is 21.9 Å². The molecule has 4 aromatic heterocycles. The van der Waals surface area contributed by atoms with Gasteiger partial charge in [0.05, 0.1) is 28.4 Å². The van der Waals surface area contributed by atoms with Gasteiger partial charge in [0.2, 0.25) is 0 Å². The number of nitrogens with zero attached hydrogens (tertiary/aromatic N) is 5. The van der Waals surface area contributed by atoms with Crippen LogP contribution in [0.3, 0.4) is 0 Å². The summed E-state index contributed by atoms with van der Waals surface area (Å²) >= 11 is 0. The maximum atomic E-state index is 11.0. The summed E-state index contributed by atoms with van der Waals surface area (Å²) in [5, 5.41) is 12.1. The molecule has 0 unspecified atom stereocenters. The second-order valence-corrected chi connectivity index (χ2v) is 17.0. The van der Waals surface area contributed by atoms with Gasteiger partial charge >= 0.3 is 0 Å². The first kappa shape index (κ1) is 39.6. The van der Waals surface area contributed by atoms with Crippen molar-refractivity contribution in [1.29, 1.82) is 0 Å². The number of aromatic hydroxyl groups is 1. The van der Waals surface area contributed by atoms with Crippen LogP contribution in [-0.2, 0) is 31.9 Å². The van der Waals surface area contributed by atoms with E-state index in [9.17, 15) is 5.11 Å². The van der Waals surface area contributed by atoms with Crippen LogP contribution in [-0.4, -0.2) is 29.6 Å². The van der Waals surface area contributed by atoms with Crippen LogP contribution in [0.4, 0.5) is 0 Å². The molecule has 59 heavy (non-hydrogen) atoms. The van der Waals surface area contributed by atoms with Crippen LogP contribution in [0.15, 0.2) is 152 Å². The summed E-state index contributed by atoms with van der Waals surface area (Å²) in [6.07, 6.45) is 5.36. The third-order valence-corrected chi connectivity index (χ3v) is 10.9. The van der Waals surface area contributed by atoms with Crippen molar-refractivity contribution in [2.75, 3.05) is 0 Å². The van der Waals surface area contributed by atoms with Crippen molar-refractivity contribution in [2.45, 2.75) is 52.4 Å². The zero-order valence-corrected chi connectivity index (χ0v) is 36.2. The van der Waals surface area contributed by atoms with Crippen molar-refractivity contribution < 1.29 is 26.2 Å². The fourth-order valence-electron chi connectivity index (χ4n) is 7.70. The molecule has 0 aliphatic rings. The maximum Gasteiger partial charge on any atom is 0.124 e. The first-order valence-electron chi connectivity index (χ1n) is 19.7. The van der Waals surface area contributed by atoms with Crippen LogP contribution in [0.1, 0.15) is 52.7 Å². The number of hydrogen-bond donors (Lipinski definition) is 1. The van der Waals surface area contributed by atoms with Gasteiger partial charge < -0.3 is 9.67 Å². The second-order valence-electron chi connectivity index (χ2n) is 17.0. The number of fused-ring (bicyclic) bond motifs is 3. The third kappa shape index (κ3) is 7.61. The number of rotatable bonds is 6. The summed E-state index contributed by atoms with van der Waals surface area (Å²) in [7, 11) is 0. The molecule has 0 bridgehead atoms. The zero-order valence-electron chi connectivity index (χ0n) is 33.9. The van der Waals surface area contributed by atoms with Gasteiger partial charge in [-0.15, -0.1) is 24.3 Å². The number of aromatic nitrogens is 5. The minimum absolute atomic E-state index is 0. The molecule has 7 heteroatoms. The van der Waals surface area contributed by atoms with E-state index in [2.05, 4.69) is 142 Å². The van der Waals surface area contributed by atoms with Crippen molar-refractivity contribution in [3.05, 3.63) is 169 Å². The fraction of sp³-hybridized carbons (Fsp3) is 0.154. The molecule has 1 N–H and O–H groups in total. The predicted octanol–water partition coefficient (Wildman–Crippen LogP) is 12.8. The van der Waals surface area contributed by atoms with E-state index < -0.39 is 0 Å². The molecular formula is C52H44N5OPt-. The summed E-state index contributed by atoms with van der Waals surface area (Å²) in [5.41, 5.74) is 15.2. The molecule has 0 saturated carbocycles. The monoisotopic (exact) mass is 949 g/mol. The topological polar surface area (TPSA) is 76.7 Å². The molecule has 294 valence electrons. The predicted molar refractivity (Wildman–Crippen MR) is 237 cm³/mol. The molecule has 0 aliphatic carbocycles. The van der Waals surface area contributed by atoms with Crippen molar-refractivity contribution in [1.82, 2.24) is 24.5 Å². The molecule has 0 aliphatic heterocycles. The largest absolute Gasteiger partial charge is 0.507 e. The number of phenolic OH excluding ortho intramolecular Hbond substituents is 1. The van der Waals surface area contributed by atoms with Crippen molar-refractivity contribution in [2.24, 2.45) is 0 Å². The van der Waals surface area contributed by atoms with Gasteiger partial charge in [-0.1, -0.05) is 132 Å². The van der Waals surface area contributed by atoms with Crippen LogP contribution in [0.25, 0.3) is 83.6 Å². The fourth-order valence-corrected chi connectivity index (χ4v) is 7.70. The van der Waals surface area contributed by atoms with E-state index in [1.165, 1.54) is 11.1 Å². The van der Waals surface area contributed by atoms with E-state index in [-0.39, 0.29) is 37.6 Å². The molecule has 9 rings (SSSR count). The Morgan fingerprint density at radius 2 is 1.20 bits per heavy atom. The first-order valence-corrected chi connectivity index (χ1v) is 19.7. The van der Waals surface area contributed by atoms with Gasteiger partial charge in [-0.25, -0.2) is 9.97 Å². The standard InChI is InChI=1S/C52H44N5O.Pt/c1-51(2,3)38-25-36(26-39(30-38)52(4,5)6)37-28-45(56-46(29-37)42-18-10-11-21-48(42)58)35-15-12-14-34(24-35)44-27-33(22-23-54-44)41-19-13-20-43-49-47(31-53-32-55-49)57(50(41)43)40-16-8-7-9-17-40;/h7-23,25-32,58H,1-6H3;/q-1;. The Morgan fingerprint density at radius 1 is 0.576 bits per heavy atom. The van der Waals surface area contributed by atoms with Crippen molar-refractivity contribution in [3.63, 3.8) is 0 Å². The molecule has 0 amide bonds. The summed E-state index contributed by atoms with van der Waals surface area (Å²) < 4.78 is 2.25. The number of hydrogen-bond acceptors (Lipinski definition) is 5. The van der Waals surface area contributed by atoms with Crippen LogP contribution in [0.5, 0.6) is 5.75 Å². The minimum Gasteiger partial charge on any atom is -0.507 e. The summed E-state index contributed by atoms with van der Waals surface area (Å²) in [4.78, 5) is 19.1. The van der Waals surface area contributed by atoms with Crippen molar-refractivity contribution in [3.8, 4) is 67.5 Å². The van der Waals surface area contributed by atoms with Gasteiger partial charge in [0, 0.05) is 60.9 Å². The Hall–Kier alpha value is -6.23. The SMILES string of the molecule is CC(C)(C)c1cc(-c2cc(-c3[c-]c(-c4cc(-c5cccc6c7ncncc7n(-c7ccccc7)c56)ccn4)ccc3)nc(-c3ccccc3O)c2)cc(C(C)(C)C)c1.[Pt]. The average Bonchev–Trinajstić information content (AvgIpc) is 3.58. The quantitative estimate of drug-likeness (QED) is 0.168. The van der Waals surface area contributed by atoms with Gasteiger partial charge in [-0.05, 0) is 75.0 Å². The van der Waals surface area contributed by atoms with E-state index >= 15 is 0 Å². The molecule has 4 heterocycles. The molecule has 0 radical (unpaired) electrons. The second kappa shape index (κ2) is 15.5. The number of phenols is 1. The third-order valence-electron chi connectivity index (χ3n) is 10.9. The van der Waals surface area contributed by atoms with Gasteiger partial charge in [0.1, 0.15) is 12.1 Å². The Bertz CT molecular complexity index is 2960. The maximum absolute atomic E-state index is 11.0. The molecule has 5 aromatic carbocycles. The molecule has 9 aromatic rings. The van der Waals surface area contributed by atoms with Crippen LogP contribution in [0.2, 0.25) is 0 Å². The summed E-state index contributed by atoms with van der Waals surface area (Å²) in [6.45, 7) is 13.5. The van der Waals surface area contributed by atoms with E-state index in [0.29, 0.717) is 11.3 Å². The first-order chi connectivity index (χ1) is 27.9. The summed E-state index contributed by atoms with van der Waals surface area (Å²) in [6, 6.07) is 49.3. The van der Waals surface area contributed by atoms with E-state index in [1.807, 2.05) is 54.9 Å². The van der Waals surface area contributed by atoms with Gasteiger partial charge in [0.15, 0.2) is 0 Å². The molecule has 6 nitrogen and oxygen atoms in total. The average molecular weight is 950 g/mol. The van der Waals surface area contributed by atoms with Gasteiger partial charge in [-0.2, -0.15) is 0 Å². The Kier molecular flexibility index (Phi) is 10.4. The van der Waals surface area contributed by atoms with Crippen LogP contribution in [0, 0.1) is 6.07 Å². The minimum atomic E-state index is -0.0478. The van der Waals surface area contributed by atoms with Gasteiger partial charge in [0.25, 0.3) is 0 Å². The van der Waals surface area contributed by atoms with Crippen LogP contribution >= 0.6 is 0 Å². The van der Waals surface area contributed by atoms with Gasteiger partial charge in [-0.3, -0.25) is 9.97 Å². The molecule has 0 atom stereocenters. The zero-order chi connectivity index (χ0) is 40.2. The van der Waals surface area contributed by atoms with E-state index in [0.717, 1.165) is 72.4 Å². The van der Waals surface area contributed by atoms with E-state index in [1.54, 1.807) is 12.4 Å². The number of para-hydroxylation sites is 3. The normalized spacial score (nSPS) is 11.8. The molecular weight excluding hydrogens is 906 g/mol. The number of benzene rings is 5. The van der Waals surface area contributed by atoms with E-state index in [4.69, 9.17) is 15.0 Å². The Labute approximate surface area is 360 Å².